The molecule has 1 rings (SSSR count). The van der Waals surface area contributed by atoms with Crippen molar-refractivity contribution in [2.75, 3.05) is 20.2 Å². The van der Waals surface area contributed by atoms with Crippen LogP contribution >= 0.6 is 0 Å². The van der Waals surface area contributed by atoms with Gasteiger partial charge in [0.25, 0.3) is 0 Å². The molecule has 8 amide bonds. The highest BCUT2D eigenvalue weighted by molar-refractivity contribution is 5.96. The summed E-state index contributed by atoms with van der Waals surface area (Å²) in [4.78, 5) is 115. The number of rotatable bonds is 24. The predicted molar refractivity (Wildman–Crippen MR) is 221 cm³/mol. The average Bonchev–Trinajstić information content (AvgIpc) is 3.17. The average molecular weight is 847 g/mol. The molecule has 0 bridgehead atoms. The third-order valence-corrected chi connectivity index (χ3v) is 8.92. The lowest BCUT2D eigenvalue weighted by Crippen LogP contribution is -2.58. The third kappa shape index (κ3) is 19.8. The number of benzene rings is 1. The number of esters is 1. The Labute approximate surface area is 352 Å². The first-order valence-corrected chi connectivity index (χ1v) is 20.2. The van der Waals surface area contributed by atoms with Crippen molar-refractivity contribution in [1.29, 1.82) is 0 Å². The van der Waals surface area contributed by atoms with Gasteiger partial charge in [-0.15, -0.1) is 0 Å². The van der Waals surface area contributed by atoms with Gasteiger partial charge in [-0.3, -0.25) is 33.6 Å². The smallest absolute Gasteiger partial charge is 0.408 e. The van der Waals surface area contributed by atoms with Crippen LogP contribution in [0.2, 0.25) is 0 Å². The van der Waals surface area contributed by atoms with Gasteiger partial charge in [0.15, 0.2) is 0 Å². The van der Waals surface area contributed by atoms with Crippen LogP contribution in [-0.2, 0) is 54.4 Å². The monoisotopic (exact) mass is 846 g/mol. The van der Waals surface area contributed by atoms with Gasteiger partial charge in [0.2, 0.25) is 41.4 Å². The van der Waals surface area contributed by atoms with Crippen LogP contribution in [-0.4, -0.2) is 110 Å². The number of alkyl carbamates (subject to hydrolysis) is 1. The van der Waals surface area contributed by atoms with Gasteiger partial charge < -0.3 is 52.0 Å². The molecular formula is C41H66N8O11. The van der Waals surface area contributed by atoms with E-state index >= 15 is 0 Å². The largest absolute Gasteiger partial charge is 0.467 e. The Balaban J connectivity index is 2.78. The van der Waals surface area contributed by atoms with Crippen molar-refractivity contribution in [2.45, 2.75) is 125 Å². The van der Waals surface area contributed by atoms with Crippen molar-refractivity contribution >= 4 is 53.4 Å². The van der Waals surface area contributed by atoms with E-state index in [-0.39, 0.29) is 24.9 Å². The van der Waals surface area contributed by atoms with Crippen molar-refractivity contribution in [3.63, 3.8) is 0 Å². The number of carbonyl (C=O) groups excluding carboxylic acids is 9. The van der Waals surface area contributed by atoms with Crippen molar-refractivity contribution in [3.05, 3.63) is 35.9 Å². The number of ether oxygens (including phenoxy) is 2. The maximum atomic E-state index is 13.4. The van der Waals surface area contributed by atoms with Crippen molar-refractivity contribution in [3.8, 4) is 0 Å². The van der Waals surface area contributed by atoms with E-state index in [1.807, 2.05) is 33.8 Å². The summed E-state index contributed by atoms with van der Waals surface area (Å²) in [5.74, 6) is -6.20. The highest BCUT2D eigenvalue weighted by atomic mass is 16.5. The van der Waals surface area contributed by atoms with Crippen molar-refractivity contribution in [2.24, 2.45) is 23.7 Å². The maximum absolute atomic E-state index is 13.4. The van der Waals surface area contributed by atoms with Gasteiger partial charge in [0.05, 0.1) is 20.2 Å². The summed E-state index contributed by atoms with van der Waals surface area (Å²) in [7, 11) is 1.21. The molecule has 0 radical (unpaired) electrons. The first kappa shape index (κ1) is 52.3. The highest BCUT2D eigenvalue weighted by Gasteiger charge is 2.31. The van der Waals surface area contributed by atoms with E-state index < -0.39 is 115 Å². The fourth-order valence-electron chi connectivity index (χ4n) is 5.59. The Morgan fingerprint density at radius 3 is 1.38 bits per heavy atom. The Morgan fingerprint density at radius 2 is 0.950 bits per heavy atom. The number of hydrogen-bond donors (Lipinski definition) is 8. The molecular weight excluding hydrogens is 780 g/mol. The minimum atomic E-state index is -1.16. The van der Waals surface area contributed by atoms with Gasteiger partial charge in [-0.25, -0.2) is 9.59 Å². The second kappa shape index (κ2) is 26.4. The Bertz CT molecular complexity index is 1620. The summed E-state index contributed by atoms with van der Waals surface area (Å²) in [5, 5.41) is 20.2. The zero-order chi connectivity index (χ0) is 45.7. The van der Waals surface area contributed by atoms with E-state index in [9.17, 15) is 43.2 Å². The fourth-order valence-corrected chi connectivity index (χ4v) is 5.59. The van der Waals surface area contributed by atoms with Gasteiger partial charge >= 0.3 is 12.1 Å². The zero-order valence-electron chi connectivity index (χ0n) is 36.7. The van der Waals surface area contributed by atoms with Crippen LogP contribution in [0.4, 0.5) is 4.79 Å². The van der Waals surface area contributed by atoms with E-state index in [2.05, 4.69) is 42.5 Å². The zero-order valence-corrected chi connectivity index (χ0v) is 36.7. The second-order valence-electron chi connectivity index (χ2n) is 16.1. The Hall–Kier alpha value is -5.75. The molecule has 19 nitrogen and oxygen atoms in total. The first-order chi connectivity index (χ1) is 28.0. The van der Waals surface area contributed by atoms with Crippen LogP contribution < -0.4 is 42.5 Å². The molecule has 0 spiro atoms. The summed E-state index contributed by atoms with van der Waals surface area (Å²) in [5.41, 5.74) is 0.759. The minimum absolute atomic E-state index is 0.00103. The summed E-state index contributed by atoms with van der Waals surface area (Å²) < 4.78 is 9.90. The van der Waals surface area contributed by atoms with Crippen molar-refractivity contribution < 1.29 is 52.6 Å². The number of methoxy groups -OCH3 is 1. The molecule has 336 valence electrons. The number of hydrogen-bond acceptors (Lipinski definition) is 11. The number of carbonyl (C=O) groups is 9. The normalized spacial score (nSPS) is 14.1. The van der Waals surface area contributed by atoms with Gasteiger partial charge in [-0.2, -0.15) is 0 Å². The van der Waals surface area contributed by atoms with Gasteiger partial charge in [0.1, 0.15) is 42.9 Å². The van der Waals surface area contributed by atoms with Crippen LogP contribution in [0.25, 0.3) is 0 Å². The second-order valence-corrected chi connectivity index (χ2v) is 16.1. The van der Waals surface area contributed by atoms with E-state index in [1.165, 1.54) is 21.0 Å². The summed E-state index contributed by atoms with van der Waals surface area (Å²) in [6, 6.07) is 2.58. The van der Waals surface area contributed by atoms with Gasteiger partial charge in [0, 0.05) is 0 Å². The van der Waals surface area contributed by atoms with Gasteiger partial charge in [-0.05, 0) is 55.9 Å². The molecule has 0 aliphatic carbocycles. The van der Waals surface area contributed by atoms with Crippen LogP contribution in [0.1, 0.15) is 87.6 Å². The molecule has 0 aliphatic heterocycles. The molecule has 0 aromatic heterocycles. The molecule has 1 aromatic carbocycles. The minimum Gasteiger partial charge on any atom is -0.467 e. The molecule has 0 saturated carbocycles. The molecule has 0 fully saturated rings. The van der Waals surface area contributed by atoms with Crippen LogP contribution in [0.5, 0.6) is 0 Å². The lowest BCUT2D eigenvalue weighted by atomic mass is 10.0. The molecule has 8 N–H and O–H groups in total. The molecule has 1 aromatic rings. The first-order valence-electron chi connectivity index (χ1n) is 20.2. The molecule has 0 aliphatic rings. The quantitative estimate of drug-likeness (QED) is 0.0666. The Morgan fingerprint density at radius 1 is 0.517 bits per heavy atom. The topological polar surface area (TPSA) is 268 Å². The lowest BCUT2D eigenvalue weighted by molar-refractivity contribution is -0.145. The molecule has 6 atom stereocenters. The summed E-state index contributed by atoms with van der Waals surface area (Å²) in [6.07, 6.45) is -0.319. The molecule has 0 saturated heterocycles. The van der Waals surface area contributed by atoms with E-state index in [1.54, 1.807) is 52.0 Å². The number of nitrogens with one attached hydrogen (secondary N) is 8. The molecule has 0 unspecified atom stereocenters. The van der Waals surface area contributed by atoms with Crippen molar-refractivity contribution in [1.82, 2.24) is 42.5 Å². The maximum Gasteiger partial charge on any atom is 0.408 e. The van der Waals surface area contributed by atoms with E-state index in [0.717, 1.165) is 5.56 Å². The lowest BCUT2D eigenvalue weighted by Gasteiger charge is -2.26. The van der Waals surface area contributed by atoms with E-state index in [4.69, 9.17) is 9.47 Å². The number of amides is 8. The highest BCUT2D eigenvalue weighted by Crippen LogP contribution is 2.09. The van der Waals surface area contributed by atoms with E-state index in [0.29, 0.717) is 6.42 Å². The Kier molecular flexibility index (Phi) is 23.0. The fraction of sp³-hybridized carbons (Fsp3) is 0.634. The molecule has 0 heterocycles. The summed E-state index contributed by atoms with van der Waals surface area (Å²) >= 11 is 0. The van der Waals surface area contributed by atoms with Gasteiger partial charge in [-0.1, -0.05) is 85.7 Å². The van der Waals surface area contributed by atoms with Crippen LogP contribution in [0.15, 0.2) is 30.3 Å². The third-order valence-electron chi connectivity index (χ3n) is 8.92. The van der Waals surface area contributed by atoms with Crippen LogP contribution in [0.3, 0.4) is 0 Å². The standard InChI is InChI=1S/C41H66N8O11/c1-22(2)17-29(37(54)44-26(9)35(52)48-33(24(5)6)38(55)43-20-32(51)47-30(18-23(3)4)40(57)59-11)46-31(50)19-42-39(56)34(25(7)8)49-36(53)27(10)45-41(58)60-21-28-15-13-12-14-16-28/h12-16,22-27,29-30,33-34H,17-21H2,1-11H3,(H,42,56)(H,43,55)(H,44,54)(H,45,58)(H,46,50)(H,47,51)(H,48,52)(H,49,53)/t26-,27-,29-,30-,33-,34-/m0/s1. The molecule has 19 heteroatoms. The van der Waals surface area contributed by atoms with Crippen LogP contribution in [0, 0.1) is 23.7 Å². The molecule has 60 heavy (non-hydrogen) atoms. The summed E-state index contributed by atoms with van der Waals surface area (Å²) in [6.45, 7) is 15.9. The SMILES string of the molecule is COC(=O)[C@H](CC(C)C)NC(=O)CNC(=O)[C@@H](NC(=O)[C@H](C)NC(=O)[C@H](CC(C)C)NC(=O)CNC(=O)[C@@H](NC(=O)[C@H](C)NC(=O)OCc1ccccc1)C(C)C)C(C)C. The predicted octanol–water partition coefficient (Wildman–Crippen LogP) is 0.555.